The molecule has 1 aromatic rings. The van der Waals surface area contributed by atoms with Gasteiger partial charge < -0.3 is 10.6 Å². The number of rotatable bonds is 5. The van der Waals surface area contributed by atoms with Crippen LogP contribution in [-0.4, -0.2) is 23.9 Å². The highest BCUT2D eigenvalue weighted by Gasteiger charge is 2.19. The van der Waals surface area contributed by atoms with E-state index in [-0.39, 0.29) is 24.4 Å². The lowest BCUT2D eigenvalue weighted by Gasteiger charge is -2.21. The van der Waals surface area contributed by atoms with Crippen LogP contribution in [0.5, 0.6) is 0 Å². The van der Waals surface area contributed by atoms with Gasteiger partial charge in [-0.15, -0.1) is 23.7 Å². The molecule has 104 valence electrons. The summed E-state index contributed by atoms with van der Waals surface area (Å²) < 4.78 is 1.08. The highest BCUT2D eigenvalue weighted by atomic mass is 79.9. The average Bonchev–Trinajstić information content (AvgIpc) is 2.61. The van der Waals surface area contributed by atoms with Crippen molar-refractivity contribution >= 4 is 45.6 Å². The second kappa shape index (κ2) is 8.15. The number of thiophene rings is 1. The number of nitrogens with zero attached hydrogens (tertiary/aromatic N) is 1. The predicted octanol–water partition coefficient (Wildman–Crippen LogP) is 3.26. The van der Waals surface area contributed by atoms with Crippen molar-refractivity contribution in [3.05, 3.63) is 20.8 Å². The van der Waals surface area contributed by atoms with Crippen molar-refractivity contribution in [2.75, 3.05) is 7.05 Å². The summed E-state index contributed by atoms with van der Waals surface area (Å²) in [6, 6.07) is 3.63. The molecular formula is C12H20BrClN2OS. The first kappa shape index (κ1) is 17.9. The first-order valence-corrected chi connectivity index (χ1v) is 7.26. The fourth-order valence-corrected chi connectivity index (χ4v) is 3.18. The molecule has 1 rings (SSSR count). The van der Waals surface area contributed by atoms with Gasteiger partial charge in [0, 0.05) is 11.9 Å². The minimum Gasteiger partial charge on any atom is -0.339 e. The summed E-state index contributed by atoms with van der Waals surface area (Å²) in [7, 11) is 1.80. The molecule has 0 bridgehead atoms. The molecule has 1 aromatic heterocycles. The highest BCUT2D eigenvalue weighted by Crippen LogP contribution is 2.23. The van der Waals surface area contributed by atoms with Crippen molar-refractivity contribution in [1.29, 1.82) is 0 Å². The standard InChI is InChI=1S/C12H19BrN2OS.ClH/c1-8(2)6-10(14)12(16)15(3)7-9-4-5-11(13)17-9;/h4-5,8,10H,6-7,14H2,1-3H3;1H/t10-;/m0./s1. The predicted molar refractivity (Wildman–Crippen MR) is 83.2 cm³/mol. The summed E-state index contributed by atoms with van der Waals surface area (Å²) >= 11 is 5.05. The molecule has 18 heavy (non-hydrogen) atoms. The Morgan fingerprint density at radius 2 is 2.11 bits per heavy atom. The van der Waals surface area contributed by atoms with Gasteiger partial charge in [0.2, 0.25) is 5.91 Å². The van der Waals surface area contributed by atoms with Gasteiger partial charge in [0.25, 0.3) is 0 Å². The molecule has 1 atom stereocenters. The third-order valence-corrected chi connectivity index (χ3v) is 4.05. The van der Waals surface area contributed by atoms with Crippen LogP contribution in [0.15, 0.2) is 15.9 Å². The van der Waals surface area contributed by atoms with Gasteiger partial charge in [0.05, 0.1) is 16.4 Å². The van der Waals surface area contributed by atoms with Gasteiger partial charge in [-0.25, -0.2) is 0 Å². The van der Waals surface area contributed by atoms with Crippen molar-refractivity contribution in [1.82, 2.24) is 4.90 Å². The molecule has 0 spiro atoms. The number of nitrogens with two attached hydrogens (primary N) is 1. The van der Waals surface area contributed by atoms with Gasteiger partial charge in [0.1, 0.15) is 0 Å². The van der Waals surface area contributed by atoms with Gasteiger partial charge in [-0.05, 0) is 40.4 Å². The zero-order chi connectivity index (χ0) is 13.0. The zero-order valence-corrected chi connectivity index (χ0v) is 14.1. The van der Waals surface area contributed by atoms with Crippen LogP contribution in [0, 0.1) is 5.92 Å². The van der Waals surface area contributed by atoms with E-state index >= 15 is 0 Å². The Morgan fingerprint density at radius 3 is 2.56 bits per heavy atom. The van der Waals surface area contributed by atoms with Crippen molar-refractivity contribution in [2.24, 2.45) is 11.7 Å². The molecule has 0 saturated heterocycles. The van der Waals surface area contributed by atoms with E-state index in [4.69, 9.17) is 5.73 Å². The molecule has 0 aliphatic rings. The van der Waals surface area contributed by atoms with E-state index in [1.165, 1.54) is 0 Å². The number of halogens is 2. The maximum atomic E-state index is 12.0. The maximum Gasteiger partial charge on any atom is 0.239 e. The monoisotopic (exact) mass is 354 g/mol. The molecule has 0 unspecified atom stereocenters. The third kappa shape index (κ3) is 5.69. The van der Waals surface area contributed by atoms with Crippen LogP contribution in [0.2, 0.25) is 0 Å². The second-order valence-electron chi connectivity index (χ2n) is 4.64. The molecule has 0 aromatic carbocycles. The molecule has 1 heterocycles. The molecule has 0 aliphatic heterocycles. The van der Waals surface area contributed by atoms with E-state index in [2.05, 4.69) is 29.8 Å². The van der Waals surface area contributed by atoms with Crippen molar-refractivity contribution in [3.8, 4) is 0 Å². The molecule has 0 radical (unpaired) electrons. The topological polar surface area (TPSA) is 46.3 Å². The van der Waals surface area contributed by atoms with Gasteiger partial charge >= 0.3 is 0 Å². The van der Waals surface area contributed by atoms with E-state index in [1.807, 2.05) is 12.1 Å². The Labute approximate surface area is 127 Å². The molecular weight excluding hydrogens is 336 g/mol. The fourth-order valence-electron chi connectivity index (χ4n) is 1.64. The second-order valence-corrected chi connectivity index (χ2v) is 7.18. The van der Waals surface area contributed by atoms with Crippen LogP contribution in [0.4, 0.5) is 0 Å². The van der Waals surface area contributed by atoms with E-state index in [1.54, 1.807) is 23.3 Å². The third-order valence-electron chi connectivity index (χ3n) is 2.44. The highest BCUT2D eigenvalue weighted by molar-refractivity contribution is 9.11. The summed E-state index contributed by atoms with van der Waals surface area (Å²) in [6.45, 7) is 4.77. The van der Waals surface area contributed by atoms with Crippen LogP contribution in [-0.2, 0) is 11.3 Å². The number of amides is 1. The molecule has 6 heteroatoms. The summed E-state index contributed by atoms with van der Waals surface area (Å²) in [6.07, 6.45) is 0.733. The summed E-state index contributed by atoms with van der Waals surface area (Å²) in [5, 5.41) is 0. The number of hydrogen-bond donors (Lipinski definition) is 1. The average molecular weight is 356 g/mol. The molecule has 0 saturated carbocycles. The van der Waals surface area contributed by atoms with E-state index < -0.39 is 0 Å². The lowest BCUT2D eigenvalue weighted by Crippen LogP contribution is -2.42. The Morgan fingerprint density at radius 1 is 1.50 bits per heavy atom. The smallest absolute Gasteiger partial charge is 0.239 e. The molecule has 3 nitrogen and oxygen atoms in total. The molecule has 0 fully saturated rings. The van der Waals surface area contributed by atoms with Gasteiger partial charge in [-0.3, -0.25) is 4.79 Å². The van der Waals surface area contributed by atoms with Crippen LogP contribution < -0.4 is 5.73 Å². The van der Waals surface area contributed by atoms with E-state index in [9.17, 15) is 4.79 Å². The minimum absolute atomic E-state index is 0. The zero-order valence-electron chi connectivity index (χ0n) is 10.9. The first-order valence-electron chi connectivity index (χ1n) is 5.65. The van der Waals surface area contributed by atoms with E-state index in [0.717, 1.165) is 15.1 Å². The summed E-state index contributed by atoms with van der Waals surface area (Å²) in [5.74, 6) is 0.460. The number of hydrogen-bond acceptors (Lipinski definition) is 3. The Bertz CT molecular complexity index is 384. The quantitative estimate of drug-likeness (QED) is 0.881. The molecule has 2 N–H and O–H groups in total. The van der Waals surface area contributed by atoms with Gasteiger partial charge in [-0.2, -0.15) is 0 Å². The first-order chi connectivity index (χ1) is 7.90. The SMILES string of the molecule is CC(C)C[C@H](N)C(=O)N(C)Cc1ccc(Br)s1.Cl. The molecule has 0 aliphatic carbocycles. The van der Waals surface area contributed by atoms with E-state index in [0.29, 0.717) is 12.5 Å². The maximum absolute atomic E-state index is 12.0. The Kier molecular flexibility index (Phi) is 8.10. The summed E-state index contributed by atoms with van der Waals surface area (Å²) in [5.41, 5.74) is 5.88. The van der Waals surface area contributed by atoms with Crippen LogP contribution >= 0.6 is 39.7 Å². The fraction of sp³-hybridized carbons (Fsp3) is 0.583. The number of likely N-dealkylation sites (N-methyl/N-ethyl adjacent to an activating group) is 1. The normalized spacial score (nSPS) is 12.1. The van der Waals surface area contributed by atoms with Gasteiger partial charge in [-0.1, -0.05) is 13.8 Å². The summed E-state index contributed by atoms with van der Waals surface area (Å²) in [4.78, 5) is 14.8. The molecule has 1 amide bonds. The van der Waals surface area contributed by atoms with Crippen LogP contribution in [0.3, 0.4) is 0 Å². The van der Waals surface area contributed by atoms with Gasteiger partial charge in [0.15, 0.2) is 0 Å². The van der Waals surface area contributed by atoms with Crippen molar-refractivity contribution in [3.63, 3.8) is 0 Å². The lowest BCUT2D eigenvalue weighted by molar-refractivity contribution is -0.132. The van der Waals surface area contributed by atoms with Crippen LogP contribution in [0.1, 0.15) is 25.1 Å². The number of carbonyl (C=O) groups is 1. The number of carbonyl (C=O) groups excluding carboxylic acids is 1. The van der Waals surface area contributed by atoms with Crippen LogP contribution in [0.25, 0.3) is 0 Å². The minimum atomic E-state index is -0.386. The Hall–Kier alpha value is -0.100. The lowest BCUT2D eigenvalue weighted by atomic mass is 10.0. The Balaban J connectivity index is 0.00000289. The van der Waals surface area contributed by atoms with Crippen molar-refractivity contribution < 1.29 is 4.79 Å². The largest absolute Gasteiger partial charge is 0.339 e. The van der Waals surface area contributed by atoms with Crippen molar-refractivity contribution in [2.45, 2.75) is 32.9 Å².